The first-order valence-corrected chi connectivity index (χ1v) is 4.64. The lowest BCUT2D eigenvalue weighted by Gasteiger charge is -2.02. The second-order valence-corrected chi connectivity index (χ2v) is 3.19. The zero-order valence-corrected chi connectivity index (χ0v) is 8.28. The van der Waals surface area contributed by atoms with E-state index in [1.807, 2.05) is 25.1 Å². The van der Waals surface area contributed by atoms with Crippen molar-refractivity contribution in [3.05, 3.63) is 29.6 Å². The largest absolute Gasteiger partial charge is 0.327 e. The van der Waals surface area contributed by atoms with Gasteiger partial charge in [0.05, 0.1) is 16.6 Å². The van der Waals surface area contributed by atoms with Gasteiger partial charge in [0.1, 0.15) is 11.9 Å². The molecule has 0 unspecified atom stereocenters. The molecule has 0 saturated carbocycles. The monoisotopic (exact) mass is 185 g/mol. The van der Waals surface area contributed by atoms with Crippen molar-refractivity contribution in [2.75, 3.05) is 0 Å². The molecule has 0 N–H and O–H groups in total. The van der Waals surface area contributed by atoms with Gasteiger partial charge in [0.15, 0.2) is 0 Å². The minimum Gasteiger partial charge on any atom is -0.327 e. The van der Waals surface area contributed by atoms with Crippen LogP contribution in [-0.2, 0) is 6.54 Å². The van der Waals surface area contributed by atoms with Crippen molar-refractivity contribution in [1.82, 2.24) is 9.55 Å². The molecule has 70 valence electrons. The van der Waals surface area contributed by atoms with Gasteiger partial charge >= 0.3 is 0 Å². The normalized spacial score (nSPS) is 10.4. The van der Waals surface area contributed by atoms with Gasteiger partial charge in [-0.3, -0.25) is 0 Å². The molecule has 3 nitrogen and oxygen atoms in total. The molecule has 1 heterocycles. The van der Waals surface area contributed by atoms with Gasteiger partial charge in [-0.1, -0.05) is 6.07 Å². The minimum atomic E-state index is 0.699. The Balaban J connectivity index is 2.91. The van der Waals surface area contributed by atoms with Crippen molar-refractivity contribution < 1.29 is 0 Å². The summed E-state index contributed by atoms with van der Waals surface area (Å²) < 4.78 is 2.06. The zero-order valence-electron chi connectivity index (χ0n) is 8.28. The van der Waals surface area contributed by atoms with E-state index < -0.39 is 0 Å². The summed E-state index contributed by atoms with van der Waals surface area (Å²) in [6, 6.07) is 7.83. The van der Waals surface area contributed by atoms with Gasteiger partial charge in [0, 0.05) is 6.54 Å². The maximum atomic E-state index is 8.97. The highest BCUT2D eigenvalue weighted by Crippen LogP contribution is 2.19. The summed E-state index contributed by atoms with van der Waals surface area (Å²) in [4.78, 5) is 4.40. The van der Waals surface area contributed by atoms with Crippen LogP contribution in [0.25, 0.3) is 11.0 Å². The second kappa shape index (κ2) is 3.15. The predicted molar refractivity (Wildman–Crippen MR) is 54.9 cm³/mol. The molecule has 14 heavy (non-hydrogen) atoms. The van der Waals surface area contributed by atoms with Crippen molar-refractivity contribution in [1.29, 1.82) is 5.26 Å². The average Bonchev–Trinajstić information content (AvgIpc) is 2.52. The Morgan fingerprint density at radius 3 is 2.93 bits per heavy atom. The highest BCUT2D eigenvalue weighted by atomic mass is 15.1. The van der Waals surface area contributed by atoms with E-state index in [9.17, 15) is 0 Å². The number of hydrogen-bond acceptors (Lipinski definition) is 2. The smallest absolute Gasteiger partial charge is 0.106 e. The fourth-order valence-corrected chi connectivity index (χ4v) is 1.78. The number of fused-ring (bicyclic) bond motifs is 1. The summed E-state index contributed by atoms with van der Waals surface area (Å²) in [6.45, 7) is 4.87. The first-order valence-electron chi connectivity index (χ1n) is 4.64. The zero-order chi connectivity index (χ0) is 10.1. The molecule has 0 fully saturated rings. The van der Waals surface area contributed by atoms with Gasteiger partial charge < -0.3 is 4.57 Å². The fourth-order valence-electron chi connectivity index (χ4n) is 1.78. The number of imidazole rings is 1. The summed E-state index contributed by atoms with van der Waals surface area (Å²) in [5.74, 6) is 0.963. The molecule has 0 bridgehead atoms. The van der Waals surface area contributed by atoms with Crippen molar-refractivity contribution >= 4 is 11.0 Å². The van der Waals surface area contributed by atoms with Crippen LogP contribution in [0.2, 0.25) is 0 Å². The quantitative estimate of drug-likeness (QED) is 0.683. The fraction of sp³-hybridized carbons (Fsp3) is 0.273. The molecule has 1 aromatic carbocycles. The predicted octanol–water partition coefficient (Wildman–Crippen LogP) is 2.24. The number of nitriles is 1. The third-order valence-corrected chi connectivity index (χ3v) is 2.39. The van der Waals surface area contributed by atoms with Gasteiger partial charge in [-0.05, 0) is 26.0 Å². The van der Waals surface area contributed by atoms with Crippen LogP contribution in [0, 0.1) is 18.3 Å². The van der Waals surface area contributed by atoms with E-state index in [4.69, 9.17) is 5.26 Å². The first-order chi connectivity index (χ1) is 6.77. The lowest BCUT2D eigenvalue weighted by atomic mass is 10.2. The molecular formula is C11H11N3. The number of aryl methyl sites for hydroxylation is 2. The topological polar surface area (TPSA) is 41.6 Å². The molecule has 0 aliphatic rings. The van der Waals surface area contributed by atoms with Crippen molar-refractivity contribution in [3.8, 4) is 6.07 Å². The number of rotatable bonds is 1. The molecule has 0 atom stereocenters. The number of aromatic nitrogens is 2. The van der Waals surface area contributed by atoms with E-state index in [2.05, 4.69) is 22.5 Å². The van der Waals surface area contributed by atoms with E-state index >= 15 is 0 Å². The van der Waals surface area contributed by atoms with E-state index in [1.165, 1.54) is 0 Å². The standard InChI is InChI=1S/C11H11N3/c1-3-14-8(2)13-10-6-4-5-9(7-12)11(10)14/h4-6H,3H2,1-2H3. The number of para-hydroxylation sites is 1. The second-order valence-electron chi connectivity index (χ2n) is 3.19. The Kier molecular flexibility index (Phi) is 1.97. The number of benzene rings is 1. The van der Waals surface area contributed by atoms with Crippen molar-refractivity contribution in [2.45, 2.75) is 20.4 Å². The van der Waals surface area contributed by atoms with Crippen molar-refractivity contribution in [3.63, 3.8) is 0 Å². The molecule has 0 aliphatic heterocycles. The van der Waals surface area contributed by atoms with Gasteiger partial charge in [-0.15, -0.1) is 0 Å². The van der Waals surface area contributed by atoms with E-state index in [0.29, 0.717) is 5.56 Å². The minimum absolute atomic E-state index is 0.699. The van der Waals surface area contributed by atoms with E-state index in [-0.39, 0.29) is 0 Å². The molecule has 0 spiro atoms. The van der Waals surface area contributed by atoms with Gasteiger partial charge in [0.25, 0.3) is 0 Å². The third-order valence-electron chi connectivity index (χ3n) is 2.39. The van der Waals surface area contributed by atoms with Crippen LogP contribution in [0.4, 0.5) is 0 Å². The van der Waals surface area contributed by atoms with E-state index in [1.54, 1.807) is 0 Å². The maximum Gasteiger partial charge on any atom is 0.106 e. The summed E-state index contributed by atoms with van der Waals surface area (Å²) in [5.41, 5.74) is 2.56. The van der Waals surface area contributed by atoms with Crippen LogP contribution in [0.5, 0.6) is 0 Å². The van der Waals surface area contributed by atoms with Gasteiger partial charge in [-0.25, -0.2) is 4.98 Å². The van der Waals surface area contributed by atoms with Crippen LogP contribution in [0.15, 0.2) is 18.2 Å². The highest BCUT2D eigenvalue weighted by Gasteiger charge is 2.09. The lowest BCUT2D eigenvalue weighted by molar-refractivity contribution is 0.753. The Morgan fingerprint density at radius 1 is 1.50 bits per heavy atom. The molecule has 3 heteroatoms. The summed E-state index contributed by atoms with van der Waals surface area (Å²) >= 11 is 0. The maximum absolute atomic E-state index is 8.97. The first kappa shape index (κ1) is 8.76. The third kappa shape index (κ3) is 1.08. The van der Waals surface area contributed by atoms with Crippen LogP contribution >= 0.6 is 0 Å². The average molecular weight is 185 g/mol. The highest BCUT2D eigenvalue weighted by molar-refractivity contribution is 5.82. The molecule has 0 saturated heterocycles. The van der Waals surface area contributed by atoms with Crippen LogP contribution in [0.1, 0.15) is 18.3 Å². The van der Waals surface area contributed by atoms with Gasteiger partial charge in [0.2, 0.25) is 0 Å². The Labute approximate surface area is 82.6 Å². The number of hydrogen-bond donors (Lipinski definition) is 0. The van der Waals surface area contributed by atoms with Crippen LogP contribution in [-0.4, -0.2) is 9.55 Å². The lowest BCUT2D eigenvalue weighted by Crippen LogP contribution is -1.97. The molecule has 0 amide bonds. The molecule has 2 rings (SSSR count). The SMILES string of the molecule is CCn1c(C)nc2cccc(C#N)c21. The van der Waals surface area contributed by atoms with Gasteiger partial charge in [-0.2, -0.15) is 5.26 Å². The Bertz CT molecular complexity index is 517. The molecule has 1 aromatic heterocycles. The summed E-state index contributed by atoms with van der Waals surface area (Å²) in [5, 5.41) is 8.97. The summed E-state index contributed by atoms with van der Waals surface area (Å²) in [7, 11) is 0. The number of nitrogens with zero attached hydrogens (tertiary/aromatic N) is 3. The summed E-state index contributed by atoms with van der Waals surface area (Å²) in [6.07, 6.45) is 0. The van der Waals surface area contributed by atoms with Crippen LogP contribution in [0.3, 0.4) is 0 Å². The van der Waals surface area contributed by atoms with Crippen molar-refractivity contribution in [2.24, 2.45) is 0 Å². The molecule has 0 radical (unpaired) electrons. The molecule has 2 aromatic rings. The van der Waals surface area contributed by atoms with Crippen LogP contribution < -0.4 is 0 Å². The Hall–Kier alpha value is -1.82. The molecule has 0 aliphatic carbocycles. The van der Waals surface area contributed by atoms with E-state index in [0.717, 1.165) is 23.4 Å². The Morgan fingerprint density at radius 2 is 2.29 bits per heavy atom. The molecular weight excluding hydrogens is 174 g/mol.